The molecule has 0 radical (unpaired) electrons. The molecule has 1 aliphatic carbocycles. The summed E-state index contributed by atoms with van der Waals surface area (Å²) >= 11 is 0. The molecule has 5 heteroatoms. The number of ether oxygens (including phenoxy) is 4. The molecule has 1 aromatic rings. The molecule has 2 rings (SSSR count). The van der Waals surface area contributed by atoms with Crippen molar-refractivity contribution < 1.29 is 18.9 Å². The molecule has 0 aromatic heterocycles. The van der Waals surface area contributed by atoms with Gasteiger partial charge in [-0.1, -0.05) is 0 Å². The van der Waals surface area contributed by atoms with Crippen molar-refractivity contribution in [2.24, 2.45) is 0 Å². The van der Waals surface area contributed by atoms with Crippen LogP contribution in [0.25, 0.3) is 0 Å². The third-order valence-corrected chi connectivity index (χ3v) is 4.04. The SMILES string of the molecule is COc1cc(CNC2CCC(OC)C2)cc(OC)c1OC. The zero-order valence-corrected chi connectivity index (χ0v) is 13.3. The van der Waals surface area contributed by atoms with Crippen LogP contribution in [0.4, 0.5) is 0 Å². The maximum Gasteiger partial charge on any atom is 0.203 e. The molecule has 1 saturated carbocycles. The van der Waals surface area contributed by atoms with E-state index in [0.29, 0.717) is 29.4 Å². The second kappa shape index (κ2) is 7.52. The molecule has 0 bridgehead atoms. The highest BCUT2D eigenvalue weighted by molar-refractivity contribution is 5.53. The summed E-state index contributed by atoms with van der Waals surface area (Å²) in [5.41, 5.74) is 1.12. The van der Waals surface area contributed by atoms with E-state index in [-0.39, 0.29) is 0 Å². The quantitative estimate of drug-likeness (QED) is 0.837. The summed E-state index contributed by atoms with van der Waals surface area (Å²) in [6.07, 6.45) is 3.75. The average molecular weight is 295 g/mol. The molecule has 1 N–H and O–H groups in total. The summed E-state index contributed by atoms with van der Waals surface area (Å²) in [6.45, 7) is 0.776. The van der Waals surface area contributed by atoms with Crippen molar-refractivity contribution in [2.45, 2.75) is 38.0 Å². The second-order valence-electron chi connectivity index (χ2n) is 5.28. The largest absolute Gasteiger partial charge is 0.493 e. The van der Waals surface area contributed by atoms with Gasteiger partial charge >= 0.3 is 0 Å². The molecule has 21 heavy (non-hydrogen) atoms. The molecule has 2 atom stereocenters. The molecule has 0 heterocycles. The summed E-state index contributed by atoms with van der Waals surface area (Å²) in [4.78, 5) is 0. The van der Waals surface area contributed by atoms with E-state index in [4.69, 9.17) is 18.9 Å². The zero-order valence-electron chi connectivity index (χ0n) is 13.3. The highest BCUT2D eigenvalue weighted by Gasteiger charge is 2.24. The van der Waals surface area contributed by atoms with Crippen molar-refractivity contribution in [1.82, 2.24) is 5.32 Å². The van der Waals surface area contributed by atoms with Crippen molar-refractivity contribution in [2.75, 3.05) is 28.4 Å². The molecule has 1 aromatic carbocycles. The number of hydrogen-bond acceptors (Lipinski definition) is 5. The van der Waals surface area contributed by atoms with Crippen LogP contribution in [0.15, 0.2) is 12.1 Å². The van der Waals surface area contributed by atoms with E-state index in [1.165, 1.54) is 0 Å². The van der Waals surface area contributed by atoms with Gasteiger partial charge in [0.1, 0.15) is 0 Å². The van der Waals surface area contributed by atoms with Crippen LogP contribution < -0.4 is 19.5 Å². The van der Waals surface area contributed by atoms with Crippen molar-refractivity contribution in [3.63, 3.8) is 0 Å². The molecule has 118 valence electrons. The fourth-order valence-corrected chi connectivity index (χ4v) is 2.84. The molecule has 0 amide bonds. The molecule has 2 unspecified atom stereocenters. The Morgan fingerprint density at radius 3 is 2.14 bits per heavy atom. The molecule has 0 spiro atoms. The van der Waals surface area contributed by atoms with E-state index < -0.39 is 0 Å². The highest BCUT2D eigenvalue weighted by Crippen LogP contribution is 2.38. The number of methoxy groups -OCH3 is 4. The highest BCUT2D eigenvalue weighted by atomic mass is 16.5. The van der Waals surface area contributed by atoms with Crippen molar-refractivity contribution in [1.29, 1.82) is 0 Å². The Kier molecular flexibility index (Phi) is 5.70. The van der Waals surface area contributed by atoms with Crippen LogP contribution in [0.1, 0.15) is 24.8 Å². The maximum absolute atomic E-state index is 5.40. The van der Waals surface area contributed by atoms with Gasteiger partial charge in [0, 0.05) is 19.7 Å². The lowest BCUT2D eigenvalue weighted by Gasteiger charge is -2.16. The number of nitrogens with one attached hydrogen (secondary N) is 1. The minimum Gasteiger partial charge on any atom is -0.493 e. The first-order valence-electron chi connectivity index (χ1n) is 7.26. The van der Waals surface area contributed by atoms with Crippen LogP contribution in [0.3, 0.4) is 0 Å². The minimum atomic E-state index is 0.391. The van der Waals surface area contributed by atoms with E-state index in [9.17, 15) is 0 Å². The molecule has 1 fully saturated rings. The lowest BCUT2D eigenvalue weighted by Crippen LogP contribution is -2.26. The Hall–Kier alpha value is -1.46. The Bertz CT molecular complexity index is 439. The van der Waals surface area contributed by atoms with Crippen LogP contribution in [-0.2, 0) is 11.3 Å². The number of hydrogen-bond donors (Lipinski definition) is 1. The molecule has 0 saturated heterocycles. The Labute approximate surface area is 126 Å². The van der Waals surface area contributed by atoms with Gasteiger partial charge in [-0.2, -0.15) is 0 Å². The number of rotatable bonds is 7. The fraction of sp³-hybridized carbons (Fsp3) is 0.625. The minimum absolute atomic E-state index is 0.391. The first-order chi connectivity index (χ1) is 10.2. The van der Waals surface area contributed by atoms with Gasteiger partial charge < -0.3 is 24.3 Å². The zero-order chi connectivity index (χ0) is 15.2. The van der Waals surface area contributed by atoms with Crippen LogP contribution in [-0.4, -0.2) is 40.6 Å². The first-order valence-corrected chi connectivity index (χ1v) is 7.26. The lowest BCUT2D eigenvalue weighted by atomic mass is 10.1. The molecular weight excluding hydrogens is 270 g/mol. The van der Waals surface area contributed by atoms with Crippen LogP contribution in [0.2, 0.25) is 0 Å². The van der Waals surface area contributed by atoms with Crippen molar-refractivity contribution in [3.05, 3.63) is 17.7 Å². The number of benzene rings is 1. The summed E-state index contributed by atoms with van der Waals surface area (Å²) < 4.78 is 21.5. The van der Waals surface area contributed by atoms with Gasteiger partial charge in [0.05, 0.1) is 27.4 Å². The van der Waals surface area contributed by atoms with Crippen LogP contribution >= 0.6 is 0 Å². The standard InChI is InChI=1S/C16H25NO4/c1-18-13-6-5-12(9-13)17-10-11-7-14(19-2)16(21-4)15(8-11)20-3/h7-8,12-13,17H,5-6,9-10H2,1-4H3. The Morgan fingerprint density at radius 1 is 1.00 bits per heavy atom. The first kappa shape index (κ1) is 15.9. The van der Waals surface area contributed by atoms with Crippen molar-refractivity contribution in [3.8, 4) is 17.2 Å². The molecule has 0 aliphatic heterocycles. The Morgan fingerprint density at radius 2 is 1.67 bits per heavy atom. The van der Waals surface area contributed by atoms with E-state index in [1.54, 1.807) is 28.4 Å². The third kappa shape index (κ3) is 3.80. The third-order valence-electron chi connectivity index (χ3n) is 4.04. The van der Waals surface area contributed by atoms with E-state index in [0.717, 1.165) is 31.4 Å². The predicted octanol–water partition coefficient (Wildman–Crippen LogP) is 2.37. The lowest BCUT2D eigenvalue weighted by molar-refractivity contribution is 0.107. The van der Waals surface area contributed by atoms with Gasteiger partial charge in [0.25, 0.3) is 0 Å². The predicted molar refractivity (Wildman–Crippen MR) is 81.4 cm³/mol. The van der Waals surface area contributed by atoms with E-state index in [1.807, 2.05) is 12.1 Å². The van der Waals surface area contributed by atoms with Gasteiger partial charge in [-0.15, -0.1) is 0 Å². The monoisotopic (exact) mass is 295 g/mol. The van der Waals surface area contributed by atoms with Gasteiger partial charge in [-0.05, 0) is 37.0 Å². The van der Waals surface area contributed by atoms with E-state index >= 15 is 0 Å². The van der Waals surface area contributed by atoms with Gasteiger partial charge in [-0.25, -0.2) is 0 Å². The summed E-state index contributed by atoms with van der Waals surface area (Å²) in [6, 6.07) is 4.47. The summed E-state index contributed by atoms with van der Waals surface area (Å²) in [7, 11) is 6.66. The van der Waals surface area contributed by atoms with Gasteiger partial charge in [0.2, 0.25) is 5.75 Å². The summed E-state index contributed by atoms with van der Waals surface area (Å²) in [5, 5.41) is 3.57. The topological polar surface area (TPSA) is 49.0 Å². The maximum atomic E-state index is 5.40. The van der Waals surface area contributed by atoms with Gasteiger partial charge in [0.15, 0.2) is 11.5 Å². The summed E-state index contributed by atoms with van der Waals surface area (Å²) in [5.74, 6) is 2.01. The van der Waals surface area contributed by atoms with Crippen LogP contribution in [0.5, 0.6) is 17.2 Å². The molecule has 5 nitrogen and oxygen atoms in total. The Balaban J connectivity index is 2.03. The molecule has 1 aliphatic rings. The van der Waals surface area contributed by atoms with Crippen LogP contribution in [0, 0.1) is 0 Å². The van der Waals surface area contributed by atoms with E-state index in [2.05, 4.69) is 5.32 Å². The molecular formula is C16H25NO4. The fourth-order valence-electron chi connectivity index (χ4n) is 2.84. The normalized spacial score (nSPS) is 21.3. The average Bonchev–Trinajstić information content (AvgIpc) is 2.99. The van der Waals surface area contributed by atoms with Crippen molar-refractivity contribution >= 4 is 0 Å². The van der Waals surface area contributed by atoms with Gasteiger partial charge in [-0.3, -0.25) is 0 Å². The second-order valence-corrected chi connectivity index (χ2v) is 5.28. The smallest absolute Gasteiger partial charge is 0.203 e.